The summed E-state index contributed by atoms with van der Waals surface area (Å²) < 4.78 is 25.7. The molecular formula is C26H28O9. The summed E-state index contributed by atoms with van der Waals surface area (Å²) in [6.45, 7) is 8.24. The van der Waals surface area contributed by atoms with Gasteiger partial charge in [-0.3, -0.25) is 4.79 Å². The topological polar surface area (TPSA) is 114 Å². The molecule has 0 amide bonds. The fraction of sp³-hybridized carbons (Fsp3) is 0.308. The second-order valence-corrected chi connectivity index (χ2v) is 7.66. The molecule has 0 saturated carbocycles. The van der Waals surface area contributed by atoms with E-state index < -0.39 is 17.9 Å². The fourth-order valence-electron chi connectivity index (χ4n) is 2.46. The van der Waals surface area contributed by atoms with E-state index in [2.05, 4.69) is 6.58 Å². The minimum atomic E-state index is -0.565. The molecule has 0 unspecified atom stereocenters. The Morgan fingerprint density at radius 1 is 0.686 bits per heavy atom. The maximum absolute atomic E-state index is 12.1. The lowest BCUT2D eigenvalue weighted by Crippen LogP contribution is -2.17. The van der Waals surface area contributed by atoms with E-state index >= 15 is 0 Å². The lowest BCUT2D eigenvalue weighted by atomic mass is 10.2. The lowest BCUT2D eigenvalue weighted by Gasteiger charge is -2.09. The first-order valence-electron chi connectivity index (χ1n) is 10.9. The summed E-state index contributed by atoms with van der Waals surface area (Å²) in [6.07, 6.45) is 0. The van der Waals surface area contributed by atoms with Crippen LogP contribution in [0, 0.1) is 5.92 Å². The van der Waals surface area contributed by atoms with Gasteiger partial charge in [0.25, 0.3) is 0 Å². The molecule has 0 heterocycles. The summed E-state index contributed by atoms with van der Waals surface area (Å²) in [7, 11) is 0. The standard InChI is InChI=1S/C26H28O9/c1-17(2)23(27)31-13-15-33-25(29)19-5-9-21(10-6-19)35-22-11-7-20(8-12-22)26(30)34-16-14-32-24(28)18(3)4/h5-12,18H,1,13-16H2,2-4H3. The average Bonchev–Trinajstić information content (AvgIpc) is 2.84. The van der Waals surface area contributed by atoms with Crippen LogP contribution < -0.4 is 4.74 Å². The third-order valence-corrected chi connectivity index (χ3v) is 4.35. The van der Waals surface area contributed by atoms with Crippen LogP contribution in [0.3, 0.4) is 0 Å². The molecule has 0 aliphatic carbocycles. The maximum atomic E-state index is 12.1. The lowest BCUT2D eigenvalue weighted by molar-refractivity contribution is -0.148. The van der Waals surface area contributed by atoms with E-state index in [9.17, 15) is 19.2 Å². The summed E-state index contributed by atoms with van der Waals surface area (Å²) in [4.78, 5) is 46.8. The molecule has 9 nitrogen and oxygen atoms in total. The number of hydrogen-bond donors (Lipinski definition) is 0. The number of ether oxygens (including phenoxy) is 5. The SMILES string of the molecule is C=C(C)C(=O)OCCOC(=O)c1ccc(Oc2ccc(C(=O)OCCOC(=O)C(C)C)cc2)cc1. The molecule has 0 aliphatic rings. The quantitative estimate of drug-likeness (QED) is 0.190. The van der Waals surface area contributed by atoms with Crippen molar-refractivity contribution >= 4 is 23.9 Å². The van der Waals surface area contributed by atoms with Crippen LogP contribution >= 0.6 is 0 Å². The summed E-state index contributed by atoms with van der Waals surface area (Å²) in [5, 5.41) is 0. The molecule has 9 heteroatoms. The summed E-state index contributed by atoms with van der Waals surface area (Å²) in [5.74, 6) is -1.31. The van der Waals surface area contributed by atoms with Gasteiger partial charge in [-0.15, -0.1) is 0 Å². The van der Waals surface area contributed by atoms with Crippen LogP contribution in [0.5, 0.6) is 11.5 Å². The minimum Gasteiger partial charge on any atom is -0.462 e. The van der Waals surface area contributed by atoms with Crippen LogP contribution in [0.1, 0.15) is 41.5 Å². The Bertz CT molecular complexity index is 1040. The van der Waals surface area contributed by atoms with Crippen LogP contribution in [0.25, 0.3) is 0 Å². The van der Waals surface area contributed by atoms with Gasteiger partial charge in [-0.25, -0.2) is 14.4 Å². The van der Waals surface area contributed by atoms with Gasteiger partial charge in [0.05, 0.1) is 17.0 Å². The summed E-state index contributed by atoms with van der Waals surface area (Å²) in [5.41, 5.74) is 0.892. The second kappa shape index (κ2) is 13.5. The normalized spacial score (nSPS) is 10.3. The van der Waals surface area contributed by atoms with E-state index in [-0.39, 0.29) is 43.9 Å². The monoisotopic (exact) mass is 484 g/mol. The van der Waals surface area contributed by atoms with Gasteiger partial charge >= 0.3 is 23.9 Å². The number of benzene rings is 2. The third-order valence-electron chi connectivity index (χ3n) is 4.35. The van der Waals surface area contributed by atoms with E-state index in [0.29, 0.717) is 22.6 Å². The molecule has 0 fully saturated rings. The van der Waals surface area contributed by atoms with E-state index in [1.54, 1.807) is 50.2 Å². The first-order valence-corrected chi connectivity index (χ1v) is 10.9. The molecule has 0 spiro atoms. The van der Waals surface area contributed by atoms with Crippen LogP contribution in [0.2, 0.25) is 0 Å². The Hall–Kier alpha value is -4.14. The Labute approximate surface area is 203 Å². The Morgan fingerprint density at radius 3 is 1.49 bits per heavy atom. The predicted molar refractivity (Wildman–Crippen MR) is 125 cm³/mol. The molecule has 2 aromatic carbocycles. The predicted octanol–water partition coefficient (Wildman–Crippen LogP) is 4.11. The zero-order valence-corrected chi connectivity index (χ0v) is 19.9. The molecule has 186 valence electrons. The molecule has 0 saturated heterocycles. The van der Waals surface area contributed by atoms with E-state index in [0.717, 1.165) is 0 Å². The molecule has 2 rings (SSSR count). The molecule has 0 atom stereocenters. The smallest absolute Gasteiger partial charge is 0.338 e. The van der Waals surface area contributed by atoms with Crippen LogP contribution in [0.4, 0.5) is 0 Å². The van der Waals surface area contributed by atoms with Crippen molar-refractivity contribution in [2.24, 2.45) is 5.92 Å². The van der Waals surface area contributed by atoms with Gasteiger partial charge in [0.1, 0.15) is 37.9 Å². The highest BCUT2D eigenvalue weighted by Crippen LogP contribution is 2.22. The highest BCUT2D eigenvalue weighted by Gasteiger charge is 2.12. The van der Waals surface area contributed by atoms with Crippen molar-refractivity contribution in [3.63, 3.8) is 0 Å². The zero-order valence-electron chi connectivity index (χ0n) is 19.9. The van der Waals surface area contributed by atoms with Gasteiger partial charge in [0.2, 0.25) is 0 Å². The Balaban J connectivity index is 1.78. The van der Waals surface area contributed by atoms with Gasteiger partial charge in [0, 0.05) is 5.57 Å². The van der Waals surface area contributed by atoms with Crippen LogP contribution in [0.15, 0.2) is 60.7 Å². The van der Waals surface area contributed by atoms with Crippen LogP contribution in [-0.2, 0) is 28.5 Å². The third kappa shape index (κ3) is 9.32. The molecule has 0 aliphatic heterocycles. The second-order valence-electron chi connectivity index (χ2n) is 7.66. The largest absolute Gasteiger partial charge is 0.462 e. The van der Waals surface area contributed by atoms with E-state index in [1.807, 2.05) is 0 Å². The highest BCUT2D eigenvalue weighted by atomic mass is 16.6. The molecule has 0 bridgehead atoms. The maximum Gasteiger partial charge on any atom is 0.338 e. The van der Waals surface area contributed by atoms with Crippen molar-refractivity contribution in [2.45, 2.75) is 20.8 Å². The zero-order chi connectivity index (χ0) is 25.8. The Kier molecular flexibility index (Phi) is 10.5. The van der Waals surface area contributed by atoms with Gasteiger partial charge in [-0.05, 0) is 55.5 Å². The first-order chi connectivity index (χ1) is 16.7. The van der Waals surface area contributed by atoms with E-state index in [4.69, 9.17) is 23.7 Å². The first kappa shape index (κ1) is 27.1. The van der Waals surface area contributed by atoms with Crippen molar-refractivity contribution in [1.82, 2.24) is 0 Å². The molecule has 0 radical (unpaired) electrons. The Morgan fingerprint density at radius 2 is 1.09 bits per heavy atom. The van der Waals surface area contributed by atoms with Crippen molar-refractivity contribution < 1.29 is 42.9 Å². The van der Waals surface area contributed by atoms with Gasteiger partial charge in [-0.1, -0.05) is 20.4 Å². The number of carbonyl (C=O) groups is 4. The van der Waals surface area contributed by atoms with Gasteiger partial charge < -0.3 is 23.7 Å². The van der Waals surface area contributed by atoms with Gasteiger partial charge in [0.15, 0.2) is 0 Å². The van der Waals surface area contributed by atoms with Crippen LogP contribution in [-0.4, -0.2) is 50.3 Å². The minimum absolute atomic E-state index is 0.00402. The van der Waals surface area contributed by atoms with Crippen molar-refractivity contribution in [2.75, 3.05) is 26.4 Å². The summed E-state index contributed by atoms with van der Waals surface area (Å²) in [6, 6.07) is 12.6. The molecule has 2 aromatic rings. The molecular weight excluding hydrogens is 456 g/mol. The van der Waals surface area contributed by atoms with Crippen molar-refractivity contribution in [1.29, 1.82) is 0 Å². The highest BCUT2D eigenvalue weighted by molar-refractivity contribution is 5.90. The molecule has 35 heavy (non-hydrogen) atoms. The number of esters is 4. The van der Waals surface area contributed by atoms with E-state index in [1.165, 1.54) is 19.1 Å². The molecule has 0 aromatic heterocycles. The van der Waals surface area contributed by atoms with Crippen molar-refractivity contribution in [3.05, 3.63) is 71.8 Å². The number of hydrogen-bond acceptors (Lipinski definition) is 9. The number of rotatable bonds is 12. The van der Waals surface area contributed by atoms with Gasteiger partial charge in [-0.2, -0.15) is 0 Å². The fourth-order valence-corrected chi connectivity index (χ4v) is 2.46. The average molecular weight is 485 g/mol. The van der Waals surface area contributed by atoms with Crippen molar-refractivity contribution in [3.8, 4) is 11.5 Å². The molecule has 0 N–H and O–H groups in total. The number of carbonyl (C=O) groups excluding carboxylic acids is 4. The summed E-state index contributed by atoms with van der Waals surface area (Å²) >= 11 is 0.